The SMILES string of the molecule is CC(C)(C)OC(=O)NCCCN(CCCNC(=O)OC(C)(C)C)C(=O)CC(c1ccccc1)c1ccccc1. The minimum atomic E-state index is -0.572. The summed E-state index contributed by atoms with van der Waals surface area (Å²) < 4.78 is 10.6. The summed E-state index contributed by atoms with van der Waals surface area (Å²) in [6.45, 7) is 12.6. The maximum absolute atomic E-state index is 13.6. The van der Waals surface area contributed by atoms with Crippen LogP contribution in [0.15, 0.2) is 60.7 Å². The van der Waals surface area contributed by atoms with E-state index in [1.165, 1.54) is 0 Å². The zero-order valence-electron chi connectivity index (χ0n) is 24.3. The summed E-state index contributed by atoms with van der Waals surface area (Å²) in [7, 11) is 0. The normalized spacial score (nSPS) is 11.6. The molecule has 8 heteroatoms. The zero-order chi connectivity index (χ0) is 28.9. The van der Waals surface area contributed by atoms with Crippen molar-refractivity contribution in [2.24, 2.45) is 0 Å². The quantitative estimate of drug-likeness (QED) is 0.329. The van der Waals surface area contributed by atoms with Gasteiger partial charge in [0, 0.05) is 38.5 Å². The number of benzene rings is 2. The molecule has 0 saturated carbocycles. The van der Waals surface area contributed by atoms with E-state index in [0.717, 1.165) is 11.1 Å². The number of amides is 3. The van der Waals surface area contributed by atoms with Crippen molar-refractivity contribution < 1.29 is 23.9 Å². The van der Waals surface area contributed by atoms with Gasteiger partial charge in [-0.05, 0) is 65.5 Å². The molecular weight excluding hydrogens is 494 g/mol. The van der Waals surface area contributed by atoms with E-state index in [0.29, 0.717) is 45.4 Å². The van der Waals surface area contributed by atoms with Crippen molar-refractivity contribution in [2.75, 3.05) is 26.2 Å². The van der Waals surface area contributed by atoms with Gasteiger partial charge in [0.1, 0.15) is 11.2 Å². The zero-order valence-corrected chi connectivity index (χ0v) is 24.3. The summed E-state index contributed by atoms with van der Waals surface area (Å²) in [4.78, 5) is 39.5. The predicted molar refractivity (Wildman–Crippen MR) is 154 cm³/mol. The lowest BCUT2D eigenvalue weighted by molar-refractivity contribution is -0.131. The molecule has 0 saturated heterocycles. The Kier molecular flexibility index (Phi) is 12.3. The van der Waals surface area contributed by atoms with Crippen LogP contribution in [0.1, 0.15) is 77.8 Å². The van der Waals surface area contributed by atoms with Gasteiger partial charge in [0.25, 0.3) is 0 Å². The van der Waals surface area contributed by atoms with E-state index in [-0.39, 0.29) is 11.8 Å². The molecule has 2 aromatic rings. The molecule has 0 aromatic heterocycles. The minimum absolute atomic E-state index is 0.0160. The van der Waals surface area contributed by atoms with Gasteiger partial charge < -0.3 is 25.0 Å². The van der Waals surface area contributed by atoms with Crippen LogP contribution in [0.3, 0.4) is 0 Å². The fourth-order valence-corrected chi connectivity index (χ4v) is 4.01. The van der Waals surface area contributed by atoms with Crippen LogP contribution in [0, 0.1) is 0 Å². The molecule has 0 aliphatic carbocycles. The van der Waals surface area contributed by atoms with Crippen LogP contribution in [-0.2, 0) is 14.3 Å². The van der Waals surface area contributed by atoms with Crippen molar-refractivity contribution >= 4 is 18.1 Å². The lowest BCUT2D eigenvalue weighted by Crippen LogP contribution is -2.38. The highest BCUT2D eigenvalue weighted by Crippen LogP contribution is 2.28. The molecule has 8 nitrogen and oxygen atoms in total. The highest BCUT2D eigenvalue weighted by atomic mass is 16.6. The summed E-state index contributed by atoms with van der Waals surface area (Å²) >= 11 is 0. The fourth-order valence-electron chi connectivity index (χ4n) is 4.01. The standard InChI is InChI=1S/C31H45N3O5/c1-30(2,3)38-28(36)32-19-13-21-34(22-14-20-33-29(37)39-31(4,5)6)27(35)23-26(24-15-9-7-10-16-24)25-17-11-8-12-18-25/h7-12,15-18,26H,13-14,19-23H2,1-6H3,(H,32,36)(H,33,37). The molecule has 2 N–H and O–H groups in total. The number of alkyl carbamates (subject to hydrolysis) is 2. The van der Waals surface area contributed by atoms with Gasteiger partial charge in [-0.1, -0.05) is 60.7 Å². The average molecular weight is 540 g/mol. The molecule has 0 atom stereocenters. The van der Waals surface area contributed by atoms with Crippen LogP contribution in [0.2, 0.25) is 0 Å². The van der Waals surface area contributed by atoms with Crippen LogP contribution in [-0.4, -0.2) is 60.4 Å². The lowest BCUT2D eigenvalue weighted by Gasteiger charge is -2.26. The van der Waals surface area contributed by atoms with Crippen molar-refractivity contribution in [3.63, 3.8) is 0 Å². The van der Waals surface area contributed by atoms with Gasteiger partial charge in [-0.15, -0.1) is 0 Å². The van der Waals surface area contributed by atoms with E-state index in [2.05, 4.69) is 10.6 Å². The second-order valence-corrected chi connectivity index (χ2v) is 11.5. The van der Waals surface area contributed by atoms with Crippen molar-refractivity contribution in [3.05, 3.63) is 71.8 Å². The van der Waals surface area contributed by atoms with Crippen LogP contribution in [0.25, 0.3) is 0 Å². The van der Waals surface area contributed by atoms with E-state index in [1.807, 2.05) is 107 Å². The highest BCUT2D eigenvalue weighted by molar-refractivity contribution is 5.78. The van der Waals surface area contributed by atoms with Crippen LogP contribution in [0.5, 0.6) is 0 Å². The van der Waals surface area contributed by atoms with Crippen molar-refractivity contribution in [2.45, 2.75) is 77.9 Å². The Morgan fingerprint density at radius 3 is 1.44 bits per heavy atom. The molecule has 3 amide bonds. The second-order valence-electron chi connectivity index (χ2n) is 11.5. The molecule has 2 aromatic carbocycles. The van der Waals surface area contributed by atoms with Crippen LogP contribution >= 0.6 is 0 Å². The number of ether oxygens (including phenoxy) is 2. The third-order valence-corrected chi connectivity index (χ3v) is 5.68. The van der Waals surface area contributed by atoms with Crippen molar-refractivity contribution in [3.8, 4) is 0 Å². The van der Waals surface area contributed by atoms with Gasteiger partial charge in [0.05, 0.1) is 0 Å². The molecule has 0 unspecified atom stereocenters. The monoisotopic (exact) mass is 539 g/mol. The summed E-state index contributed by atoms with van der Waals surface area (Å²) in [6, 6.07) is 20.1. The Morgan fingerprint density at radius 2 is 1.08 bits per heavy atom. The topological polar surface area (TPSA) is 97.0 Å². The van der Waals surface area contributed by atoms with Crippen LogP contribution < -0.4 is 10.6 Å². The first kappa shape index (κ1) is 31.7. The lowest BCUT2D eigenvalue weighted by atomic mass is 9.88. The number of nitrogens with one attached hydrogen (secondary N) is 2. The summed E-state index contributed by atoms with van der Waals surface area (Å²) in [5.41, 5.74) is 1.01. The predicted octanol–water partition coefficient (Wildman–Crippen LogP) is 5.87. The van der Waals surface area contributed by atoms with Crippen LogP contribution in [0.4, 0.5) is 9.59 Å². The third-order valence-electron chi connectivity index (χ3n) is 5.68. The van der Waals surface area contributed by atoms with Gasteiger partial charge in [0.15, 0.2) is 0 Å². The van der Waals surface area contributed by atoms with E-state index >= 15 is 0 Å². The summed E-state index contributed by atoms with van der Waals surface area (Å²) in [5.74, 6) is -0.0654. The highest BCUT2D eigenvalue weighted by Gasteiger charge is 2.23. The van der Waals surface area contributed by atoms with E-state index < -0.39 is 23.4 Å². The Bertz CT molecular complexity index is 954. The molecule has 0 aliphatic heterocycles. The molecule has 214 valence electrons. The Morgan fingerprint density at radius 1 is 0.692 bits per heavy atom. The first-order valence-corrected chi connectivity index (χ1v) is 13.7. The minimum Gasteiger partial charge on any atom is -0.444 e. The van der Waals surface area contributed by atoms with Gasteiger partial charge in [-0.2, -0.15) is 0 Å². The fraction of sp³-hybridized carbons (Fsp3) is 0.516. The number of rotatable bonds is 12. The Balaban J connectivity index is 2.04. The molecule has 2 rings (SSSR count). The Labute approximate surface area is 233 Å². The number of nitrogens with zero attached hydrogens (tertiary/aromatic N) is 1. The molecular formula is C31H45N3O5. The third kappa shape index (κ3) is 13.2. The van der Waals surface area contributed by atoms with E-state index in [1.54, 1.807) is 0 Å². The summed E-state index contributed by atoms with van der Waals surface area (Å²) in [5, 5.41) is 5.51. The number of hydrogen-bond acceptors (Lipinski definition) is 5. The maximum Gasteiger partial charge on any atom is 0.407 e. The molecule has 0 heterocycles. The number of carbonyl (C=O) groups excluding carboxylic acids is 3. The largest absolute Gasteiger partial charge is 0.444 e. The molecule has 0 bridgehead atoms. The van der Waals surface area contributed by atoms with E-state index in [4.69, 9.17) is 9.47 Å². The van der Waals surface area contributed by atoms with Crippen molar-refractivity contribution in [1.82, 2.24) is 15.5 Å². The molecule has 0 fully saturated rings. The van der Waals surface area contributed by atoms with Gasteiger partial charge in [-0.3, -0.25) is 4.79 Å². The van der Waals surface area contributed by atoms with Gasteiger partial charge in [-0.25, -0.2) is 9.59 Å². The molecule has 39 heavy (non-hydrogen) atoms. The first-order chi connectivity index (χ1) is 18.3. The molecule has 0 aliphatic rings. The summed E-state index contributed by atoms with van der Waals surface area (Å²) in [6.07, 6.45) is 0.510. The van der Waals surface area contributed by atoms with Gasteiger partial charge in [0.2, 0.25) is 5.91 Å². The first-order valence-electron chi connectivity index (χ1n) is 13.7. The number of hydrogen-bond donors (Lipinski definition) is 2. The second kappa shape index (κ2) is 15.1. The number of carbonyl (C=O) groups is 3. The Hall–Kier alpha value is -3.55. The molecule has 0 radical (unpaired) electrons. The van der Waals surface area contributed by atoms with Crippen molar-refractivity contribution in [1.29, 1.82) is 0 Å². The van der Waals surface area contributed by atoms with E-state index in [9.17, 15) is 14.4 Å². The maximum atomic E-state index is 13.6. The average Bonchev–Trinajstić information content (AvgIpc) is 2.85. The smallest absolute Gasteiger partial charge is 0.407 e. The molecule has 0 spiro atoms. The van der Waals surface area contributed by atoms with Gasteiger partial charge >= 0.3 is 12.2 Å².